The van der Waals surface area contributed by atoms with Crippen molar-refractivity contribution in [1.82, 2.24) is 5.32 Å². The van der Waals surface area contributed by atoms with Gasteiger partial charge >= 0.3 is 0 Å². The molecule has 1 rings (SSSR count). The topological polar surface area (TPSA) is 105 Å². The Bertz CT molecular complexity index is 239. The van der Waals surface area contributed by atoms with Crippen molar-refractivity contribution >= 4 is 28.6 Å². The molecule has 0 aromatic rings. The number of hydrogen-bond donors (Lipinski definition) is 3. The molecule has 0 radical (unpaired) electrons. The first-order valence-corrected chi connectivity index (χ1v) is 3.52. The van der Waals surface area contributed by atoms with Gasteiger partial charge in [-0.1, -0.05) is 16.9 Å². The molecule has 11 heavy (non-hydrogen) atoms. The molecule has 1 aliphatic rings. The average Bonchev–Trinajstić information content (AvgIpc) is 2.31. The summed E-state index contributed by atoms with van der Waals surface area (Å²) in [5.74, 6) is -1.25. The van der Waals surface area contributed by atoms with Gasteiger partial charge in [0.15, 0.2) is 5.37 Å². The van der Waals surface area contributed by atoms with Crippen LogP contribution in [0, 0.1) is 0 Å². The average molecular weight is 175 g/mol. The summed E-state index contributed by atoms with van der Waals surface area (Å²) < 4.78 is 0. The minimum absolute atomic E-state index is 0.145. The van der Waals surface area contributed by atoms with Crippen molar-refractivity contribution in [1.29, 1.82) is 0 Å². The molecule has 0 aromatic heterocycles. The quantitative estimate of drug-likeness (QED) is 0.331. The van der Waals surface area contributed by atoms with Gasteiger partial charge < -0.3 is 16.3 Å². The van der Waals surface area contributed by atoms with Gasteiger partial charge in [0, 0.05) is 0 Å². The maximum Gasteiger partial charge on any atom is 0.281 e. The first kappa shape index (κ1) is 7.86. The van der Waals surface area contributed by atoms with Crippen molar-refractivity contribution in [3.63, 3.8) is 0 Å². The van der Waals surface area contributed by atoms with E-state index in [-0.39, 0.29) is 5.04 Å². The maximum absolute atomic E-state index is 10.7. The number of rotatable bonds is 1. The lowest BCUT2D eigenvalue weighted by Gasteiger charge is -1.99. The second kappa shape index (κ2) is 2.79. The van der Waals surface area contributed by atoms with Crippen LogP contribution in [0.2, 0.25) is 0 Å². The number of nitrogens with two attached hydrogens (primary N) is 1. The zero-order valence-corrected chi connectivity index (χ0v) is 6.09. The molecule has 1 aliphatic heterocycles. The number of thioether (sulfide) groups is 1. The Labute approximate surface area is 65.8 Å². The van der Waals surface area contributed by atoms with Crippen molar-refractivity contribution in [2.45, 2.75) is 5.37 Å². The van der Waals surface area contributed by atoms with Crippen LogP contribution < -0.4 is 11.1 Å². The Morgan fingerprint density at radius 3 is 2.73 bits per heavy atom. The van der Waals surface area contributed by atoms with Gasteiger partial charge in [0.25, 0.3) is 11.8 Å². The van der Waals surface area contributed by atoms with Gasteiger partial charge in [-0.25, -0.2) is 0 Å². The van der Waals surface area contributed by atoms with Gasteiger partial charge in [-0.05, 0) is 0 Å². The smallest absolute Gasteiger partial charge is 0.281 e. The molecule has 0 saturated carbocycles. The Hall–Kier alpha value is -1.24. The summed E-state index contributed by atoms with van der Waals surface area (Å²) in [5, 5.41) is 12.1. The van der Waals surface area contributed by atoms with Gasteiger partial charge in [-0.15, -0.1) is 0 Å². The van der Waals surface area contributed by atoms with E-state index in [4.69, 9.17) is 10.9 Å². The zero-order chi connectivity index (χ0) is 8.43. The highest BCUT2D eigenvalue weighted by Crippen LogP contribution is 2.17. The van der Waals surface area contributed by atoms with Gasteiger partial charge in [0.1, 0.15) is 0 Å². The standard InChI is InChI=1S/C4H5N3O3S/c5-1(8)3-6-2(9)4(7-10)11-3/h3,10H,(H2,5,8)(H,6,9)/b7-4-. The first-order valence-electron chi connectivity index (χ1n) is 2.64. The summed E-state index contributed by atoms with van der Waals surface area (Å²) in [6, 6.07) is 0. The molecule has 1 unspecified atom stereocenters. The largest absolute Gasteiger partial charge is 0.410 e. The predicted molar refractivity (Wildman–Crippen MR) is 37.9 cm³/mol. The molecule has 2 amide bonds. The van der Waals surface area contributed by atoms with Crippen molar-refractivity contribution in [2.24, 2.45) is 10.9 Å². The number of oxime groups is 1. The summed E-state index contributed by atoms with van der Waals surface area (Å²) >= 11 is 0.792. The van der Waals surface area contributed by atoms with Crippen LogP contribution in [0.1, 0.15) is 0 Å². The Kier molecular flexibility index (Phi) is 1.99. The minimum Gasteiger partial charge on any atom is -0.410 e. The van der Waals surface area contributed by atoms with Gasteiger partial charge in [-0.3, -0.25) is 9.59 Å². The lowest BCUT2D eigenvalue weighted by Crippen LogP contribution is -2.36. The Morgan fingerprint density at radius 1 is 1.82 bits per heavy atom. The first-order chi connectivity index (χ1) is 5.15. The van der Waals surface area contributed by atoms with Crippen LogP contribution in [0.3, 0.4) is 0 Å². The van der Waals surface area contributed by atoms with Crippen LogP contribution in [0.5, 0.6) is 0 Å². The van der Waals surface area contributed by atoms with E-state index in [0.717, 1.165) is 11.8 Å². The highest BCUT2D eigenvalue weighted by atomic mass is 32.2. The predicted octanol–water partition coefficient (Wildman–Crippen LogP) is -1.55. The Morgan fingerprint density at radius 2 is 2.45 bits per heavy atom. The molecule has 1 saturated heterocycles. The van der Waals surface area contributed by atoms with Crippen LogP contribution in [0.15, 0.2) is 5.16 Å². The van der Waals surface area contributed by atoms with Crippen LogP contribution in [-0.2, 0) is 9.59 Å². The third-order valence-corrected chi connectivity index (χ3v) is 2.11. The number of amides is 2. The molecular formula is C4H5N3O3S. The van der Waals surface area contributed by atoms with Crippen LogP contribution in [0.25, 0.3) is 0 Å². The van der Waals surface area contributed by atoms with E-state index in [9.17, 15) is 9.59 Å². The molecule has 0 bridgehead atoms. The summed E-state index contributed by atoms with van der Waals surface area (Å²) in [6.07, 6.45) is 0. The summed E-state index contributed by atoms with van der Waals surface area (Å²) in [4.78, 5) is 21.1. The number of primary amides is 1. The normalized spacial score (nSPS) is 27.1. The second-order valence-corrected chi connectivity index (χ2v) is 2.87. The molecule has 1 atom stereocenters. The number of carbonyl (C=O) groups is 2. The molecule has 1 fully saturated rings. The van der Waals surface area contributed by atoms with Crippen molar-refractivity contribution < 1.29 is 14.8 Å². The van der Waals surface area contributed by atoms with Crippen molar-refractivity contribution in [3.05, 3.63) is 0 Å². The highest BCUT2D eigenvalue weighted by molar-refractivity contribution is 8.17. The fraction of sp³-hybridized carbons (Fsp3) is 0.250. The fourth-order valence-electron chi connectivity index (χ4n) is 0.574. The monoisotopic (exact) mass is 175 g/mol. The van der Waals surface area contributed by atoms with Crippen LogP contribution >= 0.6 is 11.8 Å². The molecule has 4 N–H and O–H groups in total. The molecule has 7 heteroatoms. The zero-order valence-electron chi connectivity index (χ0n) is 5.27. The van der Waals surface area contributed by atoms with E-state index >= 15 is 0 Å². The maximum atomic E-state index is 10.7. The molecule has 0 aromatic carbocycles. The SMILES string of the molecule is NC(=O)C1NC(=O)/C(=N/O)S1. The summed E-state index contributed by atoms with van der Waals surface area (Å²) in [6.45, 7) is 0. The highest BCUT2D eigenvalue weighted by Gasteiger charge is 2.32. The number of nitrogens with one attached hydrogen (secondary N) is 1. The number of nitrogens with zero attached hydrogens (tertiary/aromatic N) is 1. The molecular weight excluding hydrogens is 170 g/mol. The second-order valence-electron chi connectivity index (χ2n) is 1.78. The van der Waals surface area contributed by atoms with E-state index in [0.29, 0.717) is 0 Å². The van der Waals surface area contributed by atoms with Crippen molar-refractivity contribution in [2.75, 3.05) is 0 Å². The lowest BCUT2D eigenvalue weighted by atomic mass is 10.5. The number of hydrogen-bond acceptors (Lipinski definition) is 5. The summed E-state index contributed by atoms with van der Waals surface area (Å²) in [5.41, 5.74) is 4.87. The van der Waals surface area contributed by atoms with Crippen molar-refractivity contribution in [3.8, 4) is 0 Å². The molecule has 1 heterocycles. The Balaban J connectivity index is 2.72. The molecule has 0 spiro atoms. The third kappa shape index (κ3) is 1.43. The molecule has 60 valence electrons. The van der Waals surface area contributed by atoms with Gasteiger partial charge in [0.2, 0.25) is 5.04 Å². The summed E-state index contributed by atoms with van der Waals surface area (Å²) in [7, 11) is 0. The number of carbonyl (C=O) groups excluding carboxylic acids is 2. The van der Waals surface area contributed by atoms with Crippen LogP contribution in [-0.4, -0.2) is 27.4 Å². The van der Waals surface area contributed by atoms with E-state index in [1.165, 1.54) is 0 Å². The van der Waals surface area contributed by atoms with Gasteiger partial charge in [-0.2, -0.15) is 0 Å². The van der Waals surface area contributed by atoms with E-state index in [1.807, 2.05) is 0 Å². The molecule has 0 aliphatic carbocycles. The van der Waals surface area contributed by atoms with Crippen LogP contribution in [0.4, 0.5) is 0 Å². The fourth-order valence-corrected chi connectivity index (χ4v) is 1.29. The van der Waals surface area contributed by atoms with E-state index in [1.54, 1.807) is 0 Å². The van der Waals surface area contributed by atoms with E-state index < -0.39 is 17.2 Å². The van der Waals surface area contributed by atoms with Gasteiger partial charge in [0.05, 0.1) is 0 Å². The third-order valence-electron chi connectivity index (χ3n) is 1.04. The van der Waals surface area contributed by atoms with E-state index in [2.05, 4.69) is 10.5 Å². The molecule has 6 nitrogen and oxygen atoms in total. The lowest BCUT2D eigenvalue weighted by molar-refractivity contribution is -0.121. The minimum atomic E-state index is -0.812.